The normalized spacial score (nSPS) is 13.2. The quantitative estimate of drug-likeness (QED) is 0.519. The maximum Gasteiger partial charge on any atom is -0.0123 e. The van der Waals surface area contributed by atoms with Gasteiger partial charge in [-0.05, 0) is 44.1 Å². The van der Waals surface area contributed by atoms with E-state index in [2.05, 4.69) is 105 Å². The van der Waals surface area contributed by atoms with Crippen LogP contribution in [-0.2, 0) is 16.2 Å². The molecule has 0 heterocycles. The second-order valence-corrected chi connectivity index (χ2v) is 10.0. The summed E-state index contributed by atoms with van der Waals surface area (Å²) >= 11 is 0. The van der Waals surface area contributed by atoms with E-state index in [-0.39, 0.29) is 16.2 Å². The first kappa shape index (κ1) is 18.8. The summed E-state index contributed by atoms with van der Waals surface area (Å²) in [7, 11) is 0. The summed E-state index contributed by atoms with van der Waals surface area (Å²) in [4.78, 5) is 0. The lowest BCUT2D eigenvalue weighted by Crippen LogP contribution is -2.28. The first-order chi connectivity index (χ1) is 10.8. The maximum absolute atomic E-state index is 2.36. The van der Waals surface area contributed by atoms with Crippen molar-refractivity contribution in [1.29, 1.82) is 0 Å². The summed E-state index contributed by atoms with van der Waals surface area (Å²) in [6, 6.07) is 15.5. The van der Waals surface area contributed by atoms with Crippen molar-refractivity contribution in [3.63, 3.8) is 0 Å². The molecule has 0 fully saturated rings. The van der Waals surface area contributed by atoms with Crippen molar-refractivity contribution in [2.24, 2.45) is 0 Å². The van der Waals surface area contributed by atoms with E-state index in [1.807, 2.05) is 0 Å². The smallest absolute Gasteiger partial charge is 0.0123 e. The molecule has 2 rings (SSSR count). The lowest BCUT2D eigenvalue weighted by atomic mass is 9.67. The molecule has 2 aromatic carbocycles. The van der Waals surface area contributed by atoms with Gasteiger partial charge in [-0.15, -0.1) is 0 Å². The van der Waals surface area contributed by atoms with Gasteiger partial charge in [0.2, 0.25) is 0 Å². The van der Waals surface area contributed by atoms with Crippen molar-refractivity contribution in [2.75, 3.05) is 0 Å². The van der Waals surface area contributed by atoms with Gasteiger partial charge in [0, 0.05) is 0 Å². The zero-order valence-corrected chi connectivity index (χ0v) is 17.0. The Bertz CT molecular complexity index is 699. The highest BCUT2D eigenvalue weighted by Gasteiger charge is 2.33. The van der Waals surface area contributed by atoms with Gasteiger partial charge in [0.25, 0.3) is 0 Å². The van der Waals surface area contributed by atoms with Gasteiger partial charge in [0.1, 0.15) is 0 Å². The van der Waals surface area contributed by atoms with E-state index in [0.717, 1.165) is 0 Å². The summed E-state index contributed by atoms with van der Waals surface area (Å²) in [6.45, 7) is 21.1. The fraction of sp³-hybridized carbons (Fsp3) is 0.500. The summed E-state index contributed by atoms with van der Waals surface area (Å²) in [5, 5.41) is 0. The van der Waals surface area contributed by atoms with E-state index in [9.17, 15) is 0 Å². The van der Waals surface area contributed by atoms with Crippen LogP contribution in [-0.4, -0.2) is 0 Å². The average molecular weight is 323 g/mol. The van der Waals surface area contributed by atoms with Crippen LogP contribution in [0.25, 0.3) is 11.1 Å². The third kappa shape index (κ3) is 3.74. The van der Waals surface area contributed by atoms with E-state index in [0.29, 0.717) is 0 Å². The summed E-state index contributed by atoms with van der Waals surface area (Å²) in [5.74, 6) is 0. The Morgan fingerprint density at radius 3 is 1.42 bits per heavy atom. The SMILES string of the molecule is CC(C)(C)c1ccc(-c2ccccc2)c(C(C)(C)C)c1C(C)(C)C. The minimum absolute atomic E-state index is 0.0923. The fourth-order valence-electron chi connectivity index (χ4n) is 3.64. The van der Waals surface area contributed by atoms with E-state index < -0.39 is 0 Å². The Morgan fingerprint density at radius 1 is 0.500 bits per heavy atom. The molecule has 0 heteroatoms. The van der Waals surface area contributed by atoms with Crippen LogP contribution in [0.2, 0.25) is 0 Å². The van der Waals surface area contributed by atoms with Crippen LogP contribution in [0.4, 0.5) is 0 Å². The predicted molar refractivity (Wildman–Crippen MR) is 108 cm³/mol. The minimum Gasteiger partial charge on any atom is -0.0622 e. The van der Waals surface area contributed by atoms with E-state index in [4.69, 9.17) is 0 Å². The van der Waals surface area contributed by atoms with Crippen molar-refractivity contribution in [1.82, 2.24) is 0 Å². The van der Waals surface area contributed by atoms with Crippen LogP contribution in [0.15, 0.2) is 42.5 Å². The molecule has 0 aliphatic rings. The van der Waals surface area contributed by atoms with Gasteiger partial charge in [-0.1, -0.05) is 105 Å². The van der Waals surface area contributed by atoms with Crippen LogP contribution in [0.3, 0.4) is 0 Å². The van der Waals surface area contributed by atoms with Gasteiger partial charge in [0.15, 0.2) is 0 Å². The van der Waals surface area contributed by atoms with Gasteiger partial charge >= 0.3 is 0 Å². The van der Waals surface area contributed by atoms with Crippen molar-refractivity contribution < 1.29 is 0 Å². The third-order valence-electron chi connectivity index (χ3n) is 4.60. The van der Waals surface area contributed by atoms with Crippen molar-refractivity contribution >= 4 is 0 Å². The molecule has 0 atom stereocenters. The second kappa shape index (κ2) is 6.06. The Hall–Kier alpha value is -1.56. The number of hydrogen-bond acceptors (Lipinski definition) is 0. The first-order valence-electron chi connectivity index (χ1n) is 9.07. The van der Waals surface area contributed by atoms with E-state index in [1.54, 1.807) is 0 Å². The van der Waals surface area contributed by atoms with Crippen LogP contribution in [0.1, 0.15) is 79.0 Å². The topological polar surface area (TPSA) is 0 Å². The predicted octanol–water partition coefficient (Wildman–Crippen LogP) is 7.25. The summed E-state index contributed by atoms with van der Waals surface area (Å²) in [5.41, 5.74) is 7.51. The molecule has 130 valence electrons. The standard InChI is InChI=1S/C24H34/c1-22(2,3)19-16-15-18(17-13-11-10-12-14-17)20(23(4,5)6)21(19)24(7,8)9/h10-16H,1-9H3. The molecule has 0 aliphatic heterocycles. The number of hydrogen-bond donors (Lipinski definition) is 0. The van der Waals surface area contributed by atoms with Gasteiger partial charge in [-0.25, -0.2) is 0 Å². The van der Waals surface area contributed by atoms with Gasteiger partial charge in [-0.3, -0.25) is 0 Å². The van der Waals surface area contributed by atoms with Crippen LogP contribution in [0, 0.1) is 0 Å². The van der Waals surface area contributed by atoms with E-state index in [1.165, 1.54) is 27.8 Å². The molecule has 2 aromatic rings. The summed E-state index contributed by atoms with van der Waals surface area (Å²) in [6.07, 6.45) is 0. The molecule has 0 radical (unpaired) electrons. The average Bonchev–Trinajstić information content (AvgIpc) is 2.44. The van der Waals surface area contributed by atoms with Crippen molar-refractivity contribution in [3.05, 3.63) is 59.2 Å². The zero-order chi connectivity index (χ0) is 18.3. The molecule has 0 N–H and O–H groups in total. The van der Waals surface area contributed by atoms with Gasteiger partial charge in [0.05, 0.1) is 0 Å². The largest absolute Gasteiger partial charge is 0.0622 e. The number of rotatable bonds is 1. The molecular weight excluding hydrogens is 288 g/mol. The molecule has 0 bridgehead atoms. The van der Waals surface area contributed by atoms with E-state index >= 15 is 0 Å². The highest BCUT2D eigenvalue weighted by Crippen LogP contribution is 2.45. The van der Waals surface area contributed by atoms with Crippen molar-refractivity contribution in [2.45, 2.75) is 78.6 Å². The molecule has 0 nitrogen and oxygen atoms in total. The maximum atomic E-state index is 2.36. The first-order valence-corrected chi connectivity index (χ1v) is 9.07. The fourth-order valence-corrected chi connectivity index (χ4v) is 3.64. The Kier molecular flexibility index (Phi) is 4.74. The highest BCUT2D eigenvalue weighted by atomic mass is 14.4. The molecule has 0 unspecified atom stereocenters. The summed E-state index contributed by atoms with van der Waals surface area (Å²) < 4.78 is 0. The minimum atomic E-state index is 0.0923. The Balaban J connectivity index is 2.96. The molecule has 0 saturated carbocycles. The molecule has 0 aromatic heterocycles. The highest BCUT2D eigenvalue weighted by molar-refractivity contribution is 5.72. The molecule has 24 heavy (non-hydrogen) atoms. The van der Waals surface area contributed by atoms with Crippen LogP contribution >= 0.6 is 0 Å². The Labute approximate surface area is 149 Å². The monoisotopic (exact) mass is 322 g/mol. The lowest BCUT2D eigenvalue weighted by Gasteiger charge is -2.38. The van der Waals surface area contributed by atoms with Crippen molar-refractivity contribution in [3.8, 4) is 11.1 Å². The lowest BCUT2D eigenvalue weighted by molar-refractivity contribution is 0.499. The molecule has 0 amide bonds. The number of benzene rings is 2. The molecule has 0 aliphatic carbocycles. The molecule has 0 spiro atoms. The molecule has 0 saturated heterocycles. The second-order valence-electron chi connectivity index (χ2n) is 10.0. The van der Waals surface area contributed by atoms with Gasteiger partial charge < -0.3 is 0 Å². The van der Waals surface area contributed by atoms with Crippen LogP contribution in [0.5, 0.6) is 0 Å². The van der Waals surface area contributed by atoms with Crippen LogP contribution < -0.4 is 0 Å². The zero-order valence-electron chi connectivity index (χ0n) is 17.0. The Morgan fingerprint density at radius 2 is 1.00 bits per heavy atom. The van der Waals surface area contributed by atoms with Gasteiger partial charge in [-0.2, -0.15) is 0 Å². The molecular formula is C24H34. The third-order valence-corrected chi connectivity index (χ3v) is 4.60.